The van der Waals surface area contributed by atoms with Crippen molar-refractivity contribution in [1.29, 1.82) is 0 Å². The molecule has 8 amide bonds. The predicted octanol–water partition coefficient (Wildman–Crippen LogP) is 2.41. The van der Waals surface area contributed by atoms with Gasteiger partial charge < -0.3 is 127 Å². The van der Waals surface area contributed by atoms with Gasteiger partial charge in [-0.3, -0.25) is 43.2 Å². The van der Waals surface area contributed by atoms with Crippen molar-refractivity contribution in [2.75, 3.05) is 52.7 Å². The number of hydrogen-bond acceptors (Lipinski definition) is 26. The first-order chi connectivity index (χ1) is 55.1. The Balaban J connectivity index is 1.72. The summed E-state index contributed by atoms with van der Waals surface area (Å²) in [6.07, 6.45) is 9.31. The monoisotopic (exact) mass is 1650 g/mol. The van der Waals surface area contributed by atoms with Crippen molar-refractivity contribution in [2.45, 2.75) is 395 Å². The van der Waals surface area contributed by atoms with Crippen LogP contribution in [0.2, 0.25) is 0 Å². The Bertz CT molecular complexity index is 2790. The zero-order chi connectivity index (χ0) is 85.1. The van der Waals surface area contributed by atoms with E-state index >= 15 is 0 Å². The summed E-state index contributed by atoms with van der Waals surface area (Å²) in [5, 5.41) is 128. The largest absolute Gasteiger partial charge is 0.477 e. The topological polar surface area (TPSA) is 534 Å². The van der Waals surface area contributed by atoms with Gasteiger partial charge in [0.2, 0.25) is 47.3 Å². The number of ether oxygens (including phenoxy) is 7. The molecule has 3 fully saturated rings. The van der Waals surface area contributed by atoms with E-state index in [0.29, 0.717) is 25.7 Å². The highest BCUT2D eigenvalue weighted by Crippen LogP contribution is 2.35. The standard InChI is InChI=1S/C80H144N8O27/c1-7-10-13-16-19-22-24-27-30-33-36-39-63(97)87-57(50-110-78-68(73(104)70(101)60(48-90)113-78)88-64(98)45-55(38-35-32-29-26-21-18-15-12-9-3)112-65(99)40-37-34-31-28-25-23-20-17-14-11-8-2)76(106)82-42-41-62(96)81-43-44-83-75(105)56(84-52(4)91)49-109-77-67(86-54(6)93)72(103)71(102)61(114-77)51-111-80(79(107)108)46-58(94)66(85-53(5)92)74(115-80)69(100)59(95)47-89/h55-61,66-74,77-78,89-90,94-95,100-104H,7-51H2,1-6H3,(H,81,96)(H,82,106)(H,83,105)(H,84,91)(H,85,92)(H,86,93)(H,87,97)(H,88,98)(H,107,108)/t55-,56-,57+,58+,59-,60-,61-,66-,67-,68-,69-,70-,71+,72-,73-,74-,77+,78-,80-/m1/s1. The fraction of sp³-hybridized carbons (Fsp3) is 0.875. The third-order valence-corrected chi connectivity index (χ3v) is 20.9. The number of carbonyl (C=O) groups excluding carboxylic acids is 9. The lowest BCUT2D eigenvalue weighted by Gasteiger charge is -2.47. The molecule has 3 rings (SSSR count). The third kappa shape index (κ3) is 41.1. The van der Waals surface area contributed by atoms with Gasteiger partial charge in [0.1, 0.15) is 85.2 Å². The lowest BCUT2D eigenvalue weighted by atomic mass is 9.88. The Morgan fingerprint density at radius 2 is 0.904 bits per heavy atom. The van der Waals surface area contributed by atoms with Crippen molar-refractivity contribution in [3.8, 4) is 0 Å². The van der Waals surface area contributed by atoms with Crippen LogP contribution in [-0.2, 0) is 81.1 Å². The van der Waals surface area contributed by atoms with Crippen LogP contribution in [0.3, 0.4) is 0 Å². The lowest BCUT2D eigenvalue weighted by Crippen LogP contribution is -2.69. The summed E-state index contributed by atoms with van der Waals surface area (Å²) in [5.41, 5.74) is 0. The van der Waals surface area contributed by atoms with Crippen molar-refractivity contribution in [1.82, 2.24) is 42.5 Å². The van der Waals surface area contributed by atoms with Gasteiger partial charge in [0, 0.05) is 66.1 Å². The number of carbonyl (C=O) groups is 10. The van der Waals surface area contributed by atoms with E-state index in [-0.39, 0.29) is 45.3 Å². The number of hydrogen-bond donors (Lipinski definition) is 18. The van der Waals surface area contributed by atoms with Crippen LogP contribution in [0.4, 0.5) is 0 Å². The van der Waals surface area contributed by atoms with E-state index in [2.05, 4.69) is 63.3 Å². The highest BCUT2D eigenvalue weighted by molar-refractivity contribution is 5.88. The molecule has 18 N–H and O–H groups in total. The number of amides is 8. The molecule has 0 aromatic rings. The number of unbranched alkanes of at least 4 members (excludes halogenated alkanes) is 28. The van der Waals surface area contributed by atoms with Crippen LogP contribution in [0.5, 0.6) is 0 Å². The molecule has 3 heterocycles. The maximum absolute atomic E-state index is 14.1. The number of aliphatic hydroxyl groups is 9. The van der Waals surface area contributed by atoms with Gasteiger partial charge in [-0.05, 0) is 25.7 Å². The van der Waals surface area contributed by atoms with Gasteiger partial charge in [-0.1, -0.05) is 201 Å². The molecule has 3 aliphatic heterocycles. The molecule has 0 bridgehead atoms. The Morgan fingerprint density at radius 3 is 1.38 bits per heavy atom. The summed E-state index contributed by atoms with van der Waals surface area (Å²) in [7, 11) is 0. The maximum Gasteiger partial charge on any atom is 0.364 e. The Morgan fingerprint density at radius 1 is 0.470 bits per heavy atom. The summed E-state index contributed by atoms with van der Waals surface area (Å²) in [6, 6.07) is -7.66. The molecule has 0 unspecified atom stereocenters. The summed E-state index contributed by atoms with van der Waals surface area (Å²) in [5.74, 6) is -11.0. The highest BCUT2D eigenvalue weighted by Gasteiger charge is 2.57. The molecular weight excluding hydrogens is 1500 g/mol. The minimum absolute atomic E-state index is 0.0445. The maximum atomic E-state index is 14.1. The quantitative estimate of drug-likeness (QED) is 0.0307. The molecule has 666 valence electrons. The van der Waals surface area contributed by atoms with Crippen molar-refractivity contribution in [3.63, 3.8) is 0 Å². The molecule has 35 heteroatoms. The molecule has 35 nitrogen and oxygen atoms in total. The number of aliphatic hydroxyl groups excluding tert-OH is 9. The fourth-order valence-electron chi connectivity index (χ4n) is 14.2. The average Bonchev–Trinajstić information content (AvgIpc) is 0.771. The van der Waals surface area contributed by atoms with Crippen LogP contribution < -0.4 is 42.5 Å². The van der Waals surface area contributed by atoms with E-state index < -0.39 is 214 Å². The van der Waals surface area contributed by atoms with E-state index in [1.165, 1.54) is 89.9 Å². The van der Waals surface area contributed by atoms with Gasteiger partial charge in [0.15, 0.2) is 12.6 Å². The van der Waals surface area contributed by atoms with Crippen molar-refractivity contribution in [2.24, 2.45) is 0 Å². The molecule has 19 atom stereocenters. The van der Waals surface area contributed by atoms with E-state index in [1.807, 2.05) is 0 Å². The third-order valence-electron chi connectivity index (χ3n) is 20.9. The van der Waals surface area contributed by atoms with Crippen molar-refractivity contribution < 1.29 is 132 Å². The van der Waals surface area contributed by atoms with Gasteiger partial charge >= 0.3 is 11.9 Å². The van der Waals surface area contributed by atoms with Crippen LogP contribution >= 0.6 is 0 Å². The van der Waals surface area contributed by atoms with Crippen LogP contribution in [0.25, 0.3) is 0 Å². The van der Waals surface area contributed by atoms with Crippen molar-refractivity contribution >= 4 is 59.2 Å². The normalized spacial score (nSPS) is 24.7. The molecule has 0 aromatic heterocycles. The van der Waals surface area contributed by atoms with Gasteiger partial charge in [-0.2, -0.15) is 0 Å². The number of carboxylic acid groups (broad SMARTS) is 1. The van der Waals surface area contributed by atoms with E-state index in [9.17, 15) is 99.0 Å². The molecule has 115 heavy (non-hydrogen) atoms. The minimum atomic E-state index is -2.91. The number of nitrogens with one attached hydrogen (secondary N) is 8. The summed E-state index contributed by atoms with van der Waals surface area (Å²) >= 11 is 0. The second-order valence-corrected chi connectivity index (χ2v) is 31.0. The molecule has 0 radical (unpaired) electrons. The zero-order valence-electron chi connectivity index (χ0n) is 69.1. The first-order valence-electron chi connectivity index (χ1n) is 42.6. The van der Waals surface area contributed by atoms with E-state index in [0.717, 1.165) is 111 Å². The number of rotatable bonds is 64. The molecule has 0 aliphatic carbocycles. The Kier molecular flexibility index (Phi) is 53.6. The highest BCUT2D eigenvalue weighted by atomic mass is 16.7. The molecule has 3 aliphatic rings. The minimum Gasteiger partial charge on any atom is -0.477 e. The van der Waals surface area contributed by atoms with Crippen LogP contribution in [0.15, 0.2) is 0 Å². The van der Waals surface area contributed by atoms with Crippen LogP contribution in [-0.4, -0.2) is 279 Å². The van der Waals surface area contributed by atoms with E-state index in [4.69, 9.17) is 33.2 Å². The molecule has 0 aromatic carbocycles. The van der Waals surface area contributed by atoms with Gasteiger partial charge in [-0.15, -0.1) is 0 Å². The molecule has 3 saturated heterocycles. The summed E-state index contributed by atoms with van der Waals surface area (Å²) in [6.45, 7) is 4.71. The SMILES string of the molecule is CCCCCCCCCCCCCC(=O)N[C@@H](CO[C@@H]1O[C@H](CO)[C@@H](O)[C@H](O)[C@H]1NC(=O)C[C@@H](CCCCCCCCCCC)OC(=O)CCCCCCCCCCCCC)C(=O)NCCC(=O)NCCNC(=O)[C@@H](CO[C@H]1O[C@H](CO[C@]2(C(=O)O)C[C@H](O)[C@@H](NC(C)=O)[C@H]([C@H](O)[C@H](O)CO)O2)[C@H](O)[C@H](O)[C@H]1NC(C)=O)NC(C)=O. The lowest BCUT2D eigenvalue weighted by molar-refractivity contribution is -0.330. The molecular formula is C80H144N8O27. The number of aliphatic carboxylic acids is 1. The van der Waals surface area contributed by atoms with Crippen molar-refractivity contribution in [3.05, 3.63) is 0 Å². The fourth-order valence-corrected chi connectivity index (χ4v) is 14.2. The number of esters is 1. The van der Waals surface area contributed by atoms with Crippen LogP contribution in [0.1, 0.15) is 279 Å². The number of carboxylic acids is 1. The van der Waals surface area contributed by atoms with Gasteiger partial charge in [-0.25, -0.2) is 4.79 Å². The Labute approximate surface area is 678 Å². The molecule has 0 saturated carbocycles. The van der Waals surface area contributed by atoms with E-state index in [1.54, 1.807) is 0 Å². The second kappa shape index (κ2) is 59.7. The summed E-state index contributed by atoms with van der Waals surface area (Å²) < 4.78 is 41.0. The van der Waals surface area contributed by atoms with Crippen LogP contribution in [0, 0.1) is 0 Å². The average molecular weight is 1650 g/mol. The van der Waals surface area contributed by atoms with Gasteiger partial charge in [0.25, 0.3) is 5.79 Å². The smallest absolute Gasteiger partial charge is 0.364 e. The van der Waals surface area contributed by atoms with Gasteiger partial charge in [0.05, 0.1) is 51.6 Å². The molecule has 0 spiro atoms. The zero-order valence-corrected chi connectivity index (χ0v) is 69.1. The first-order valence-corrected chi connectivity index (χ1v) is 42.6. The summed E-state index contributed by atoms with van der Waals surface area (Å²) in [4.78, 5) is 132. The second-order valence-electron chi connectivity index (χ2n) is 31.0. The predicted molar refractivity (Wildman–Crippen MR) is 420 cm³/mol. The Hall–Kier alpha value is -5.90. The first kappa shape index (κ1) is 103.